The van der Waals surface area contributed by atoms with E-state index in [-0.39, 0.29) is 5.91 Å². The molecule has 94 valence electrons. The van der Waals surface area contributed by atoms with Gasteiger partial charge in [-0.05, 0) is 24.3 Å². The Bertz CT molecular complexity index is 731. The van der Waals surface area contributed by atoms with Crippen LogP contribution in [-0.4, -0.2) is 15.7 Å². The SMILES string of the molecule is Cn1cc2ccc(C(=O)Nc3ccccc3)cc2n1. The molecule has 0 unspecified atom stereocenters. The first-order chi connectivity index (χ1) is 9.22. The zero-order valence-electron chi connectivity index (χ0n) is 10.5. The fraction of sp³-hybridized carbons (Fsp3) is 0.0667. The Balaban J connectivity index is 1.89. The van der Waals surface area contributed by atoms with E-state index in [9.17, 15) is 4.79 Å². The van der Waals surface area contributed by atoms with E-state index in [1.165, 1.54) is 0 Å². The number of aromatic nitrogens is 2. The quantitative estimate of drug-likeness (QED) is 0.761. The molecule has 1 amide bonds. The van der Waals surface area contributed by atoms with E-state index >= 15 is 0 Å². The van der Waals surface area contributed by atoms with Crippen LogP contribution < -0.4 is 5.32 Å². The summed E-state index contributed by atoms with van der Waals surface area (Å²) < 4.78 is 1.74. The van der Waals surface area contributed by atoms with E-state index in [0.29, 0.717) is 5.56 Å². The average molecular weight is 251 g/mol. The normalized spacial score (nSPS) is 10.6. The minimum absolute atomic E-state index is 0.126. The maximum atomic E-state index is 12.1. The first-order valence-electron chi connectivity index (χ1n) is 6.02. The highest BCUT2D eigenvalue weighted by molar-refractivity contribution is 6.06. The molecule has 0 saturated carbocycles. The van der Waals surface area contributed by atoms with Crippen LogP contribution in [0.15, 0.2) is 54.7 Å². The molecule has 0 aliphatic rings. The monoisotopic (exact) mass is 251 g/mol. The lowest BCUT2D eigenvalue weighted by Gasteiger charge is -2.04. The van der Waals surface area contributed by atoms with E-state index in [1.54, 1.807) is 10.7 Å². The van der Waals surface area contributed by atoms with Crippen LogP contribution in [0, 0.1) is 0 Å². The Hall–Kier alpha value is -2.62. The second-order valence-corrected chi connectivity index (χ2v) is 4.40. The number of amides is 1. The van der Waals surface area contributed by atoms with Crippen LogP contribution >= 0.6 is 0 Å². The van der Waals surface area contributed by atoms with Crippen LogP contribution in [0.1, 0.15) is 10.4 Å². The summed E-state index contributed by atoms with van der Waals surface area (Å²) in [5.74, 6) is -0.126. The number of para-hydroxylation sites is 1. The van der Waals surface area contributed by atoms with E-state index in [4.69, 9.17) is 0 Å². The molecule has 0 atom stereocenters. The molecule has 1 aromatic heterocycles. The van der Waals surface area contributed by atoms with Gasteiger partial charge in [0, 0.05) is 29.9 Å². The van der Waals surface area contributed by atoms with Crippen molar-refractivity contribution in [3.05, 3.63) is 60.3 Å². The molecule has 1 heterocycles. The topological polar surface area (TPSA) is 46.9 Å². The molecule has 0 saturated heterocycles. The molecule has 3 aromatic rings. The van der Waals surface area contributed by atoms with Crippen molar-refractivity contribution in [2.75, 3.05) is 5.32 Å². The number of nitrogens with zero attached hydrogens (tertiary/aromatic N) is 2. The molecular weight excluding hydrogens is 238 g/mol. The lowest BCUT2D eigenvalue weighted by molar-refractivity contribution is 0.102. The summed E-state index contributed by atoms with van der Waals surface area (Å²) in [6.07, 6.45) is 1.92. The van der Waals surface area contributed by atoms with Gasteiger partial charge in [-0.25, -0.2) is 0 Å². The van der Waals surface area contributed by atoms with Gasteiger partial charge in [0.05, 0.1) is 5.52 Å². The fourth-order valence-corrected chi connectivity index (χ4v) is 2.01. The molecule has 3 rings (SSSR count). The molecule has 2 aromatic carbocycles. The highest BCUT2D eigenvalue weighted by Crippen LogP contribution is 2.15. The van der Waals surface area contributed by atoms with Crippen molar-refractivity contribution in [3.63, 3.8) is 0 Å². The number of carbonyl (C=O) groups is 1. The standard InChI is InChI=1S/C15H13N3O/c1-18-10-12-8-7-11(9-14(12)17-18)15(19)16-13-5-3-2-4-6-13/h2-10H,1H3,(H,16,19). The number of anilines is 1. The fourth-order valence-electron chi connectivity index (χ4n) is 2.01. The number of hydrogen-bond acceptors (Lipinski definition) is 2. The number of carbonyl (C=O) groups excluding carboxylic acids is 1. The van der Waals surface area contributed by atoms with Gasteiger partial charge in [-0.3, -0.25) is 9.48 Å². The van der Waals surface area contributed by atoms with Crippen molar-refractivity contribution in [2.45, 2.75) is 0 Å². The van der Waals surface area contributed by atoms with Gasteiger partial charge < -0.3 is 5.32 Å². The Morgan fingerprint density at radius 3 is 2.74 bits per heavy atom. The molecule has 19 heavy (non-hydrogen) atoms. The summed E-state index contributed by atoms with van der Waals surface area (Å²) in [7, 11) is 1.86. The van der Waals surface area contributed by atoms with Gasteiger partial charge in [0.15, 0.2) is 0 Å². The van der Waals surface area contributed by atoms with E-state index in [1.807, 2.05) is 55.7 Å². The highest BCUT2D eigenvalue weighted by Gasteiger charge is 2.08. The summed E-state index contributed by atoms with van der Waals surface area (Å²) in [6.45, 7) is 0. The summed E-state index contributed by atoms with van der Waals surface area (Å²) in [6, 6.07) is 14.9. The molecule has 0 fully saturated rings. The van der Waals surface area contributed by atoms with Gasteiger partial charge in [0.25, 0.3) is 5.91 Å². The van der Waals surface area contributed by atoms with Gasteiger partial charge in [0.1, 0.15) is 0 Å². The first-order valence-corrected chi connectivity index (χ1v) is 6.02. The van der Waals surface area contributed by atoms with Crippen molar-refractivity contribution in [2.24, 2.45) is 7.05 Å². The highest BCUT2D eigenvalue weighted by atomic mass is 16.1. The predicted molar refractivity (Wildman–Crippen MR) is 75.1 cm³/mol. The van der Waals surface area contributed by atoms with Crippen molar-refractivity contribution in [1.82, 2.24) is 9.78 Å². The Morgan fingerprint density at radius 2 is 1.95 bits per heavy atom. The van der Waals surface area contributed by atoms with Crippen molar-refractivity contribution in [1.29, 1.82) is 0 Å². The van der Waals surface area contributed by atoms with E-state index in [0.717, 1.165) is 16.6 Å². The zero-order valence-corrected chi connectivity index (χ0v) is 10.5. The third-order valence-corrected chi connectivity index (χ3v) is 2.92. The van der Waals surface area contributed by atoms with Crippen molar-refractivity contribution >= 4 is 22.5 Å². The molecule has 4 heteroatoms. The van der Waals surface area contributed by atoms with Crippen LogP contribution in [0.4, 0.5) is 5.69 Å². The molecule has 0 aliphatic heterocycles. The summed E-state index contributed by atoms with van der Waals surface area (Å²) in [5, 5.41) is 8.18. The molecule has 1 N–H and O–H groups in total. The molecule has 0 aliphatic carbocycles. The van der Waals surface area contributed by atoms with Gasteiger partial charge in [-0.1, -0.05) is 24.3 Å². The van der Waals surface area contributed by atoms with Crippen LogP contribution in [0.3, 0.4) is 0 Å². The largest absolute Gasteiger partial charge is 0.322 e. The molecule has 0 radical (unpaired) electrons. The zero-order chi connectivity index (χ0) is 13.2. The maximum absolute atomic E-state index is 12.1. The van der Waals surface area contributed by atoms with Gasteiger partial charge in [-0.15, -0.1) is 0 Å². The maximum Gasteiger partial charge on any atom is 0.255 e. The molecule has 0 bridgehead atoms. The number of hydrogen-bond donors (Lipinski definition) is 1. The third kappa shape index (κ3) is 2.33. The molecular formula is C15H13N3O. The number of nitrogens with one attached hydrogen (secondary N) is 1. The smallest absolute Gasteiger partial charge is 0.255 e. The minimum Gasteiger partial charge on any atom is -0.322 e. The number of aryl methyl sites for hydroxylation is 1. The Morgan fingerprint density at radius 1 is 1.16 bits per heavy atom. The summed E-state index contributed by atoms with van der Waals surface area (Å²) >= 11 is 0. The van der Waals surface area contributed by atoms with Gasteiger partial charge in [-0.2, -0.15) is 5.10 Å². The van der Waals surface area contributed by atoms with Crippen molar-refractivity contribution in [3.8, 4) is 0 Å². The van der Waals surface area contributed by atoms with Crippen LogP contribution in [0.25, 0.3) is 10.9 Å². The summed E-state index contributed by atoms with van der Waals surface area (Å²) in [5.41, 5.74) is 2.21. The van der Waals surface area contributed by atoms with Crippen molar-refractivity contribution < 1.29 is 4.79 Å². The first kappa shape index (κ1) is 11.5. The molecule has 4 nitrogen and oxygen atoms in total. The van der Waals surface area contributed by atoms with Crippen LogP contribution in [-0.2, 0) is 7.05 Å². The van der Waals surface area contributed by atoms with Crippen LogP contribution in [0.2, 0.25) is 0 Å². The van der Waals surface area contributed by atoms with Gasteiger partial charge >= 0.3 is 0 Å². The number of benzene rings is 2. The Kier molecular flexibility index (Phi) is 2.76. The minimum atomic E-state index is -0.126. The lowest BCUT2D eigenvalue weighted by atomic mass is 10.1. The average Bonchev–Trinajstić information content (AvgIpc) is 2.78. The molecule has 0 spiro atoms. The van der Waals surface area contributed by atoms with Gasteiger partial charge in [0.2, 0.25) is 0 Å². The lowest BCUT2D eigenvalue weighted by Crippen LogP contribution is -2.11. The second-order valence-electron chi connectivity index (χ2n) is 4.40. The number of rotatable bonds is 2. The van der Waals surface area contributed by atoms with Crippen LogP contribution in [0.5, 0.6) is 0 Å². The third-order valence-electron chi connectivity index (χ3n) is 2.92. The second kappa shape index (κ2) is 4.57. The van der Waals surface area contributed by atoms with E-state index < -0.39 is 0 Å². The van der Waals surface area contributed by atoms with E-state index in [2.05, 4.69) is 10.4 Å². The summed E-state index contributed by atoms with van der Waals surface area (Å²) in [4.78, 5) is 12.1. The predicted octanol–water partition coefficient (Wildman–Crippen LogP) is 2.83. The number of fused-ring (bicyclic) bond motifs is 1. The Labute approximate surface area is 110 Å².